The average molecular weight is 453 g/mol. The molecule has 30 heavy (non-hydrogen) atoms. The molecular weight excluding hydrogens is 432 g/mol. The van der Waals surface area contributed by atoms with E-state index in [1.165, 1.54) is 22.5 Å². The molecule has 2 atom stereocenters. The molecule has 2 aliphatic rings. The van der Waals surface area contributed by atoms with Crippen LogP contribution >= 0.6 is 11.6 Å². The first-order valence-electron chi connectivity index (χ1n) is 9.40. The van der Waals surface area contributed by atoms with Crippen molar-refractivity contribution in [3.05, 3.63) is 47.0 Å². The topological polar surface area (TPSA) is 94.2 Å². The SMILES string of the molecule is C[C@H]1CN(S(=O)(=O)c2ccc(NC(=O)c3cc(Cl)c4c(c3)OCO4)cc2)C[C@H](C)O1. The number of halogens is 1. The highest BCUT2D eigenvalue weighted by Crippen LogP contribution is 2.39. The van der Waals surface area contributed by atoms with E-state index in [4.69, 9.17) is 25.8 Å². The summed E-state index contributed by atoms with van der Waals surface area (Å²) in [6, 6.07) is 9.08. The van der Waals surface area contributed by atoms with Gasteiger partial charge in [-0.1, -0.05) is 11.6 Å². The highest BCUT2D eigenvalue weighted by molar-refractivity contribution is 7.89. The number of ether oxygens (including phenoxy) is 3. The van der Waals surface area contributed by atoms with Crippen molar-refractivity contribution in [2.45, 2.75) is 31.0 Å². The summed E-state index contributed by atoms with van der Waals surface area (Å²) >= 11 is 6.12. The summed E-state index contributed by atoms with van der Waals surface area (Å²) in [6.45, 7) is 4.35. The van der Waals surface area contributed by atoms with Crippen LogP contribution in [0.1, 0.15) is 24.2 Å². The van der Waals surface area contributed by atoms with Crippen LogP contribution < -0.4 is 14.8 Å². The van der Waals surface area contributed by atoms with Gasteiger partial charge in [-0.2, -0.15) is 4.31 Å². The maximum Gasteiger partial charge on any atom is 0.255 e. The van der Waals surface area contributed by atoms with Gasteiger partial charge in [-0.15, -0.1) is 0 Å². The molecule has 0 saturated carbocycles. The molecular formula is C20H21ClN2O6S. The average Bonchev–Trinajstić information content (AvgIpc) is 3.17. The molecule has 2 aromatic rings. The van der Waals surface area contributed by atoms with Gasteiger partial charge < -0.3 is 19.5 Å². The number of hydrogen-bond donors (Lipinski definition) is 1. The lowest BCUT2D eigenvalue weighted by molar-refractivity contribution is -0.0440. The van der Waals surface area contributed by atoms with Gasteiger partial charge in [-0.3, -0.25) is 4.79 Å². The molecule has 8 nitrogen and oxygen atoms in total. The van der Waals surface area contributed by atoms with E-state index in [-0.39, 0.29) is 28.9 Å². The predicted octanol–water partition coefficient (Wildman–Crippen LogP) is 3.12. The molecule has 0 bridgehead atoms. The number of anilines is 1. The number of nitrogens with one attached hydrogen (secondary N) is 1. The first-order valence-corrected chi connectivity index (χ1v) is 11.2. The van der Waals surface area contributed by atoms with Gasteiger partial charge in [0.05, 0.1) is 22.1 Å². The molecule has 0 radical (unpaired) electrons. The summed E-state index contributed by atoms with van der Waals surface area (Å²) in [7, 11) is -3.64. The van der Waals surface area contributed by atoms with E-state index in [9.17, 15) is 13.2 Å². The van der Waals surface area contributed by atoms with Crippen LogP contribution in [0.15, 0.2) is 41.3 Å². The van der Waals surface area contributed by atoms with E-state index < -0.39 is 15.9 Å². The second kappa shape index (κ2) is 8.07. The predicted molar refractivity (Wildman–Crippen MR) is 111 cm³/mol. The highest BCUT2D eigenvalue weighted by Gasteiger charge is 2.32. The third kappa shape index (κ3) is 4.11. The van der Waals surface area contributed by atoms with Gasteiger partial charge in [-0.05, 0) is 50.2 Å². The second-order valence-corrected chi connectivity index (χ2v) is 9.59. The summed E-state index contributed by atoms with van der Waals surface area (Å²) < 4.78 is 43.4. The monoisotopic (exact) mass is 452 g/mol. The molecule has 1 amide bonds. The second-order valence-electron chi connectivity index (χ2n) is 7.25. The zero-order chi connectivity index (χ0) is 21.5. The molecule has 10 heteroatoms. The smallest absolute Gasteiger partial charge is 0.255 e. The molecule has 1 fully saturated rings. The van der Waals surface area contributed by atoms with Crippen LogP contribution in [-0.2, 0) is 14.8 Å². The molecule has 0 aliphatic carbocycles. The van der Waals surface area contributed by atoms with Gasteiger partial charge in [0.25, 0.3) is 5.91 Å². The zero-order valence-electron chi connectivity index (χ0n) is 16.4. The molecule has 0 unspecified atom stereocenters. The van der Waals surface area contributed by atoms with Crippen molar-refractivity contribution >= 4 is 33.2 Å². The summed E-state index contributed by atoms with van der Waals surface area (Å²) in [4.78, 5) is 12.7. The van der Waals surface area contributed by atoms with Gasteiger partial charge >= 0.3 is 0 Å². The van der Waals surface area contributed by atoms with Crippen molar-refractivity contribution < 1.29 is 27.4 Å². The van der Waals surface area contributed by atoms with Crippen molar-refractivity contribution in [2.24, 2.45) is 0 Å². The summed E-state index contributed by atoms with van der Waals surface area (Å²) in [5, 5.41) is 3.01. The molecule has 0 aromatic heterocycles. The van der Waals surface area contributed by atoms with Crippen LogP contribution in [0.3, 0.4) is 0 Å². The molecule has 2 aromatic carbocycles. The Balaban J connectivity index is 1.49. The lowest BCUT2D eigenvalue weighted by Gasteiger charge is -2.34. The number of carbonyl (C=O) groups is 1. The summed E-state index contributed by atoms with van der Waals surface area (Å²) in [5.74, 6) is 0.416. The Morgan fingerprint density at radius 1 is 1.10 bits per heavy atom. The van der Waals surface area contributed by atoms with Crippen LogP contribution in [-0.4, -0.2) is 50.7 Å². The largest absolute Gasteiger partial charge is 0.454 e. The van der Waals surface area contributed by atoms with Crippen LogP contribution in [0.4, 0.5) is 5.69 Å². The van der Waals surface area contributed by atoms with Gasteiger partial charge in [0.1, 0.15) is 0 Å². The summed E-state index contributed by atoms with van der Waals surface area (Å²) in [5.41, 5.74) is 0.758. The molecule has 1 saturated heterocycles. The van der Waals surface area contributed by atoms with Gasteiger partial charge in [-0.25, -0.2) is 8.42 Å². The first kappa shape index (κ1) is 20.9. The number of rotatable bonds is 4. The van der Waals surface area contributed by atoms with Gasteiger partial charge in [0.2, 0.25) is 16.8 Å². The van der Waals surface area contributed by atoms with Gasteiger partial charge in [0.15, 0.2) is 11.5 Å². The quantitative estimate of drug-likeness (QED) is 0.766. The zero-order valence-corrected chi connectivity index (χ0v) is 18.0. The number of nitrogens with zero attached hydrogens (tertiary/aromatic N) is 1. The Bertz CT molecular complexity index is 1060. The van der Waals surface area contributed by atoms with E-state index in [0.717, 1.165) is 0 Å². The third-order valence-electron chi connectivity index (χ3n) is 4.83. The normalized spacial score (nSPS) is 21.4. The molecule has 4 rings (SSSR count). The molecule has 2 aliphatic heterocycles. The van der Waals surface area contributed by atoms with E-state index >= 15 is 0 Å². The van der Waals surface area contributed by atoms with Crippen molar-refractivity contribution in [3.8, 4) is 11.5 Å². The fourth-order valence-electron chi connectivity index (χ4n) is 3.49. The Morgan fingerprint density at radius 3 is 2.43 bits per heavy atom. The fourth-order valence-corrected chi connectivity index (χ4v) is 5.34. The molecule has 2 heterocycles. The maximum atomic E-state index is 12.9. The standard InChI is InChI=1S/C20H21ClN2O6S/c1-12-9-23(10-13(2)29-12)30(25,26)16-5-3-15(4-6-16)22-20(24)14-7-17(21)19-18(8-14)27-11-28-19/h3-8,12-13H,9-11H2,1-2H3,(H,22,24)/t12-,13-/m0/s1. The van der Waals surface area contributed by atoms with Crippen LogP contribution in [0, 0.1) is 0 Å². The van der Waals surface area contributed by atoms with E-state index in [2.05, 4.69) is 5.32 Å². The maximum absolute atomic E-state index is 12.9. The van der Waals surface area contributed by atoms with Crippen LogP contribution in [0.2, 0.25) is 5.02 Å². The minimum atomic E-state index is -3.64. The minimum absolute atomic E-state index is 0.0523. The summed E-state index contributed by atoms with van der Waals surface area (Å²) in [6.07, 6.45) is -0.341. The Morgan fingerprint density at radius 2 is 1.77 bits per heavy atom. The fraction of sp³-hybridized carbons (Fsp3) is 0.350. The number of amides is 1. The molecule has 160 valence electrons. The Hall–Kier alpha value is -2.33. The van der Waals surface area contributed by atoms with Crippen molar-refractivity contribution in [1.82, 2.24) is 4.31 Å². The van der Waals surface area contributed by atoms with Crippen LogP contribution in [0.5, 0.6) is 11.5 Å². The Labute approximate surface area is 179 Å². The first-order chi connectivity index (χ1) is 14.2. The van der Waals surface area contributed by atoms with E-state index in [1.807, 2.05) is 13.8 Å². The number of sulfonamides is 1. The van der Waals surface area contributed by atoms with Crippen molar-refractivity contribution in [1.29, 1.82) is 0 Å². The lowest BCUT2D eigenvalue weighted by Crippen LogP contribution is -2.48. The number of morpholine rings is 1. The van der Waals surface area contributed by atoms with Crippen molar-refractivity contribution in [2.75, 3.05) is 25.2 Å². The highest BCUT2D eigenvalue weighted by atomic mass is 35.5. The van der Waals surface area contributed by atoms with Crippen LogP contribution in [0.25, 0.3) is 0 Å². The number of fused-ring (bicyclic) bond motifs is 1. The number of carbonyl (C=O) groups excluding carboxylic acids is 1. The molecule has 0 spiro atoms. The minimum Gasteiger partial charge on any atom is -0.454 e. The third-order valence-corrected chi connectivity index (χ3v) is 6.95. The van der Waals surface area contributed by atoms with Gasteiger partial charge in [0, 0.05) is 24.3 Å². The molecule has 1 N–H and O–H groups in total. The number of benzene rings is 2. The van der Waals surface area contributed by atoms with E-state index in [0.29, 0.717) is 35.8 Å². The number of hydrogen-bond acceptors (Lipinski definition) is 6. The lowest BCUT2D eigenvalue weighted by atomic mass is 10.2. The Kier molecular flexibility index (Phi) is 5.63. The van der Waals surface area contributed by atoms with Crippen molar-refractivity contribution in [3.63, 3.8) is 0 Å². The van der Waals surface area contributed by atoms with E-state index in [1.54, 1.807) is 18.2 Å².